The molecule has 6 rings (SSSR count). The quantitative estimate of drug-likeness (QED) is 0.236. The first kappa shape index (κ1) is 23.0. The first-order chi connectivity index (χ1) is 17.9. The predicted molar refractivity (Wildman–Crippen MR) is 145 cm³/mol. The molecular formula is C29H16Cl2N2O4. The number of halogens is 2. The van der Waals surface area contributed by atoms with E-state index in [1.807, 2.05) is 12.1 Å². The van der Waals surface area contributed by atoms with Gasteiger partial charge in [-0.15, -0.1) is 0 Å². The Labute approximate surface area is 220 Å². The number of nitrogens with zero attached hydrogens (tertiary/aromatic N) is 1. The van der Waals surface area contributed by atoms with Crippen molar-refractivity contribution in [1.82, 2.24) is 4.98 Å². The number of para-hydroxylation sites is 1. The van der Waals surface area contributed by atoms with E-state index in [-0.39, 0.29) is 5.91 Å². The lowest BCUT2D eigenvalue weighted by atomic mass is 10.0. The third-order valence-corrected chi connectivity index (χ3v) is 6.45. The second-order valence-corrected chi connectivity index (χ2v) is 9.19. The lowest BCUT2D eigenvalue weighted by Crippen LogP contribution is -2.12. The molecular weight excluding hydrogens is 511 g/mol. The maximum Gasteiger partial charge on any atom is 0.344 e. The third-order valence-electron chi connectivity index (χ3n) is 5.88. The maximum atomic E-state index is 13.1. The molecule has 0 unspecified atom stereocenters. The molecule has 1 N–H and O–H groups in total. The zero-order chi connectivity index (χ0) is 25.5. The van der Waals surface area contributed by atoms with Gasteiger partial charge in [-0.1, -0.05) is 53.5 Å². The van der Waals surface area contributed by atoms with Crippen LogP contribution in [0.25, 0.3) is 44.7 Å². The van der Waals surface area contributed by atoms with Crippen molar-refractivity contribution >= 4 is 56.9 Å². The van der Waals surface area contributed by atoms with Crippen LogP contribution in [0.4, 0.5) is 5.69 Å². The van der Waals surface area contributed by atoms with E-state index in [1.165, 1.54) is 0 Å². The number of hydrogen-bond donors (Lipinski definition) is 1. The van der Waals surface area contributed by atoms with Crippen LogP contribution in [0.5, 0.6) is 0 Å². The van der Waals surface area contributed by atoms with Gasteiger partial charge in [0.2, 0.25) is 5.89 Å². The summed E-state index contributed by atoms with van der Waals surface area (Å²) in [7, 11) is 0. The van der Waals surface area contributed by atoms with Gasteiger partial charge in [0.1, 0.15) is 11.1 Å². The Morgan fingerprint density at radius 1 is 0.784 bits per heavy atom. The summed E-state index contributed by atoms with van der Waals surface area (Å²) in [5.41, 5.74) is 3.55. The summed E-state index contributed by atoms with van der Waals surface area (Å²) >= 11 is 12.5. The number of carbonyl (C=O) groups excluding carboxylic acids is 1. The molecule has 6 aromatic rings. The van der Waals surface area contributed by atoms with Crippen LogP contribution in [0.1, 0.15) is 10.4 Å². The van der Waals surface area contributed by atoms with Crippen LogP contribution in [0.15, 0.2) is 105 Å². The van der Waals surface area contributed by atoms with Crippen molar-refractivity contribution in [2.75, 3.05) is 5.32 Å². The number of oxazole rings is 1. The zero-order valence-corrected chi connectivity index (χ0v) is 20.5. The minimum absolute atomic E-state index is 0.309. The Bertz CT molecular complexity index is 1890. The van der Waals surface area contributed by atoms with Crippen LogP contribution in [-0.2, 0) is 0 Å². The summed E-state index contributed by atoms with van der Waals surface area (Å²) in [5.74, 6) is -0.0481. The van der Waals surface area contributed by atoms with Crippen molar-refractivity contribution in [3.8, 4) is 22.6 Å². The van der Waals surface area contributed by atoms with Crippen LogP contribution in [0, 0.1) is 0 Å². The highest BCUT2D eigenvalue weighted by Gasteiger charge is 2.15. The normalized spacial score (nSPS) is 11.2. The molecule has 0 saturated heterocycles. The van der Waals surface area contributed by atoms with Crippen LogP contribution in [0.3, 0.4) is 0 Å². The summed E-state index contributed by atoms with van der Waals surface area (Å²) in [6.07, 6.45) is 0. The summed E-state index contributed by atoms with van der Waals surface area (Å²) in [4.78, 5) is 30.2. The van der Waals surface area contributed by atoms with E-state index in [0.29, 0.717) is 60.6 Å². The number of fused-ring (bicyclic) bond motifs is 2. The maximum absolute atomic E-state index is 13.1. The van der Waals surface area contributed by atoms with Crippen molar-refractivity contribution in [2.24, 2.45) is 0 Å². The highest BCUT2D eigenvalue weighted by Crippen LogP contribution is 2.33. The van der Waals surface area contributed by atoms with E-state index in [2.05, 4.69) is 10.3 Å². The van der Waals surface area contributed by atoms with E-state index >= 15 is 0 Å². The van der Waals surface area contributed by atoms with Crippen molar-refractivity contribution in [3.63, 3.8) is 0 Å². The highest BCUT2D eigenvalue weighted by molar-refractivity contribution is 6.33. The Hall–Kier alpha value is -4.39. The Balaban J connectivity index is 1.30. The van der Waals surface area contributed by atoms with Gasteiger partial charge in [0.05, 0.1) is 16.1 Å². The number of aromatic nitrogens is 1. The fraction of sp³-hybridized carbons (Fsp3) is 0. The second-order valence-electron chi connectivity index (χ2n) is 8.35. The van der Waals surface area contributed by atoms with Crippen molar-refractivity contribution in [2.45, 2.75) is 0 Å². The molecule has 4 aromatic carbocycles. The van der Waals surface area contributed by atoms with Crippen molar-refractivity contribution in [1.29, 1.82) is 0 Å². The fourth-order valence-corrected chi connectivity index (χ4v) is 4.44. The summed E-state index contributed by atoms with van der Waals surface area (Å²) in [6.45, 7) is 0. The molecule has 8 heteroatoms. The second kappa shape index (κ2) is 9.24. The van der Waals surface area contributed by atoms with Gasteiger partial charge in [-0.25, -0.2) is 9.78 Å². The fourth-order valence-electron chi connectivity index (χ4n) is 4.08. The SMILES string of the molecule is O=C(Nc1ccc(Cl)c(-c2nc3cc(Cl)ccc3o2)c1)c1cccc(-c2cc3ccccc3oc2=O)c1. The van der Waals surface area contributed by atoms with E-state index in [4.69, 9.17) is 32.0 Å². The molecule has 2 heterocycles. The molecule has 6 nitrogen and oxygen atoms in total. The molecule has 0 atom stereocenters. The molecule has 1 amide bonds. The number of anilines is 1. The van der Waals surface area contributed by atoms with Gasteiger partial charge >= 0.3 is 5.63 Å². The smallest absolute Gasteiger partial charge is 0.344 e. The van der Waals surface area contributed by atoms with Gasteiger partial charge in [-0.3, -0.25) is 4.79 Å². The third kappa shape index (κ3) is 4.48. The Morgan fingerprint density at radius 3 is 2.54 bits per heavy atom. The zero-order valence-electron chi connectivity index (χ0n) is 19.0. The average Bonchev–Trinajstić information content (AvgIpc) is 3.32. The van der Waals surface area contributed by atoms with Crippen molar-refractivity contribution < 1.29 is 13.6 Å². The molecule has 37 heavy (non-hydrogen) atoms. The lowest BCUT2D eigenvalue weighted by molar-refractivity contribution is 0.102. The number of hydrogen-bond acceptors (Lipinski definition) is 5. The lowest BCUT2D eigenvalue weighted by Gasteiger charge is -2.09. The summed E-state index contributed by atoms with van der Waals surface area (Å²) in [5, 5.41) is 4.63. The monoisotopic (exact) mass is 526 g/mol. The van der Waals surface area contributed by atoms with Crippen LogP contribution in [-0.4, -0.2) is 10.9 Å². The van der Waals surface area contributed by atoms with Gasteiger partial charge in [-0.2, -0.15) is 0 Å². The van der Waals surface area contributed by atoms with Crippen LogP contribution >= 0.6 is 23.2 Å². The van der Waals surface area contributed by atoms with Gasteiger partial charge in [0.25, 0.3) is 5.91 Å². The van der Waals surface area contributed by atoms with E-state index in [9.17, 15) is 9.59 Å². The first-order valence-corrected chi connectivity index (χ1v) is 12.0. The topological polar surface area (TPSA) is 85.3 Å². The van der Waals surface area contributed by atoms with E-state index in [0.717, 1.165) is 5.39 Å². The number of carbonyl (C=O) groups is 1. The molecule has 0 bridgehead atoms. The van der Waals surface area contributed by atoms with Gasteiger partial charge in [-0.05, 0) is 66.2 Å². The largest absolute Gasteiger partial charge is 0.436 e. The van der Waals surface area contributed by atoms with Crippen LogP contribution < -0.4 is 10.9 Å². The summed E-state index contributed by atoms with van der Waals surface area (Å²) < 4.78 is 11.3. The molecule has 180 valence electrons. The van der Waals surface area contributed by atoms with Crippen LogP contribution in [0.2, 0.25) is 10.0 Å². The molecule has 0 fully saturated rings. The first-order valence-electron chi connectivity index (χ1n) is 11.3. The number of nitrogens with one attached hydrogen (secondary N) is 1. The minimum atomic E-state index is -0.474. The Morgan fingerprint density at radius 2 is 1.65 bits per heavy atom. The summed E-state index contributed by atoms with van der Waals surface area (Å²) in [6, 6.07) is 26.0. The number of amides is 1. The molecule has 0 saturated carbocycles. The molecule has 0 radical (unpaired) electrons. The van der Waals surface area contributed by atoms with Gasteiger partial charge < -0.3 is 14.2 Å². The minimum Gasteiger partial charge on any atom is -0.436 e. The van der Waals surface area contributed by atoms with E-state index in [1.54, 1.807) is 78.9 Å². The molecule has 2 aromatic heterocycles. The average molecular weight is 527 g/mol. The highest BCUT2D eigenvalue weighted by atomic mass is 35.5. The predicted octanol–water partition coefficient (Wildman–Crippen LogP) is 7.83. The standard InChI is InChI=1S/C29H16Cl2N2O4/c30-19-8-11-26-24(14-19)33-28(36-26)22-15-20(9-10-23(22)31)32-27(34)18-6-3-5-16(12-18)21-13-17-4-1-2-7-25(17)37-29(21)35/h1-15H,(H,32,34). The molecule has 0 aliphatic rings. The van der Waals surface area contributed by atoms with E-state index < -0.39 is 5.63 Å². The molecule has 0 aliphatic heterocycles. The molecule has 0 spiro atoms. The van der Waals surface area contributed by atoms with Crippen molar-refractivity contribution in [3.05, 3.63) is 117 Å². The molecule has 0 aliphatic carbocycles. The Kier molecular flexibility index (Phi) is 5.75. The van der Waals surface area contributed by atoms with Gasteiger partial charge in [0.15, 0.2) is 5.58 Å². The van der Waals surface area contributed by atoms with Gasteiger partial charge in [0, 0.05) is 21.7 Å². The number of rotatable bonds is 4. The number of benzene rings is 4.